The molecule has 4 heteroatoms. The van der Waals surface area contributed by atoms with Gasteiger partial charge in [-0.1, -0.05) is 36.4 Å². The van der Waals surface area contributed by atoms with Crippen LogP contribution in [0.3, 0.4) is 0 Å². The summed E-state index contributed by atoms with van der Waals surface area (Å²) in [6.07, 6.45) is 2.33. The van der Waals surface area contributed by atoms with Gasteiger partial charge in [-0.3, -0.25) is 10.1 Å². The molecule has 0 unspecified atom stereocenters. The smallest absolute Gasteiger partial charge is 0.303 e. The van der Waals surface area contributed by atoms with Gasteiger partial charge in [0.15, 0.2) is 0 Å². The third kappa shape index (κ3) is 2.22. The Kier molecular flexibility index (Phi) is 2.49. The van der Waals surface area contributed by atoms with Gasteiger partial charge >= 0.3 is 6.03 Å². The zero-order valence-electron chi connectivity index (χ0n) is 7.99. The Balaban J connectivity index is 2.06. The lowest BCUT2D eigenvalue weighted by atomic mass is 10.1. The molecule has 0 atom stereocenters. The van der Waals surface area contributed by atoms with Gasteiger partial charge in [-0.15, -0.1) is 0 Å². The standard InChI is InChI=1S/C11H10N2O2/c14-10-9(12-11(15)13-10)7-6-8-4-2-1-3-5-8/h1-5,7H,6H2,(H2,12,13,14,15)/b9-7-. The van der Waals surface area contributed by atoms with Gasteiger partial charge in [-0.05, 0) is 12.0 Å². The number of nitrogens with one attached hydrogen (secondary N) is 2. The summed E-state index contributed by atoms with van der Waals surface area (Å²) < 4.78 is 0. The molecule has 2 N–H and O–H groups in total. The maximum absolute atomic E-state index is 11.1. The van der Waals surface area contributed by atoms with Crippen molar-refractivity contribution in [3.63, 3.8) is 0 Å². The van der Waals surface area contributed by atoms with Gasteiger partial charge in [-0.2, -0.15) is 0 Å². The molecule has 0 bridgehead atoms. The maximum atomic E-state index is 11.1. The molecule has 0 aliphatic carbocycles. The van der Waals surface area contributed by atoms with Gasteiger partial charge in [0.25, 0.3) is 5.91 Å². The number of hydrogen-bond donors (Lipinski definition) is 2. The van der Waals surface area contributed by atoms with Crippen molar-refractivity contribution in [3.8, 4) is 0 Å². The molecule has 1 aliphatic rings. The largest absolute Gasteiger partial charge is 0.326 e. The first-order chi connectivity index (χ1) is 7.25. The molecule has 0 aromatic heterocycles. The number of benzene rings is 1. The minimum absolute atomic E-state index is 0.323. The van der Waals surface area contributed by atoms with Crippen LogP contribution in [0.1, 0.15) is 5.56 Å². The Morgan fingerprint density at radius 1 is 1.07 bits per heavy atom. The second kappa shape index (κ2) is 3.96. The summed E-state index contributed by atoms with van der Waals surface area (Å²) in [6, 6.07) is 9.26. The van der Waals surface area contributed by atoms with E-state index in [9.17, 15) is 9.59 Å². The van der Waals surface area contributed by atoms with E-state index in [0.29, 0.717) is 12.1 Å². The number of urea groups is 1. The molecule has 4 nitrogen and oxygen atoms in total. The molecular weight excluding hydrogens is 192 g/mol. The van der Waals surface area contributed by atoms with E-state index in [-0.39, 0.29) is 5.91 Å². The monoisotopic (exact) mass is 202 g/mol. The molecule has 1 aliphatic heterocycles. The predicted octanol–water partition coefficient (Wildman–Crippen LogP) is 0.952. The fraction of sp³-hybridized carbons (Fsp3) is 0.0909. The second-order valence-electron chi connectivity index (χ2n) is 3.22. The van der Waals surface area contributed by atoms with Gasteiger partial charge in [0.1, 0.15) is 5.70 Å². The van der Waals surface area contributed by atoms with Crippen LogP contribution in [-0.4, -0.2) is 11.9 Å². The minimum Gasteiger partial charge on any atom is -0.303 e. The zero-order chi connectivity index (χ0) is 10.7. The molecule has 1 aromatic rings. The Labute approximate surface area is 87.0 Å². The van der Waals surface area contributed by atoms with Crippen LogP contribution in [0.15, 0.2) is 42.1 Å². The number of carbonyl (C=O) groups excluding carboxylic acids is 2. The van der Waals surface area contributed by atoms with E-state index in [4.69, 9.17) is 0 Å². The predicted molar refractivity (Wildman–Crippen MR) is 54.9 cm³/mol. The van der Waals surface area contributed by atoms with Crippen molar-refractivity contribution in [3.05, 3.63) is 47.7 Å². The summed E-state index contributed by atoms with van der Waals surface area (Å²) >= 11 is 0. The molecular formula is C11H10N2O2. The summed E-state index contributed by atoms with van der Waals surface area (Å²) in [4.78, 5) is 21.9. The van der Waals surface area contributed by atoms with E-state index in [1.807, 2.05) is 30.3 Å². The van der Waals surface area contributed by atoms with E-state index in [1.54, 1.807) is 6.08 Å². The molecule has 2 rings (SSSR count). The lowest BCUT2D eigenvalue weighted by Gasteiger charge is -1.96. The van der Waals surface area contributed by atoms with Gasteiger partial charge in [-0.25, -0.2) is 4.79 Å². The van der Waals surface area contributed by atoms with Crippen LogP contribution < -0.4 is 10.6 Å². The van der Waals surface area contributed by atoms with Gasteiger partial charge in [0.05, 0.1) is 0 Å². The molecule has 15 heavy (non-hydrogen) atoms. The first-order valence-electron chi connectivity index (χ1n) is 4.62. The molecule has 76 valence electrons. The minimum atomic E-state index is -0.459. The van der Waals surface area contributed by atoms with Crippen molar-refractivity contribution in [2.75, 3.05) is 0 Å². The van der Waals surface area contributed by atoms with Gasteiger partial charge in [0, 0.05) is 0 Å². The van der Waals surface area contributed by atoms with Crippen LogP contribution in [0.25, 0.3) is 0 Å². The average molecular weight is 202 g/mol. The highest BCUT2D eigenvalue weighted by molar-refractivity contribution is 6.11. The molecule has 0 radical (unpaired) electrons. The highest BCUT2D eigenvalue weighted by atomic mass is 16.2. The van der Waals surface area contributed by atoms with Crippen LogP contribution in [-0.2, 0) is 11.2 Å². The fourth-order valence-electron chi connectivity index (χ4n) is 1.36. The van der Waals surface area contributed by atoms with Crippen LogP contribution in [0, 0.1) is 0 Å². The number of imide groups is 1. The normalized spacial score (nSPS) is 17.7. The van der Waals surface area contributed by atoms with E-state index in [0.717, 1.165) is 5.56 Å². The van der Waals surface area contributed by atoms with E-state index in [1.165, 1.54) is 0 Å². The Bertz CT molecular complexity index is 423. The van der Waals surface area contributed by atoms with Crippen LogP contribution >= 0.6 is 0 Å². The fourth-order valence-corrected chi connectivity index (χ4v) is 1.36. The first-order valence-corrected chi connectivity index (χ1v) is 4.62. The Morgan fingerprint density at radius 3 is 2.40 bits per heavy atom. The second-order valence-corrected chi connectivity index (χ2v) is 3.22. The van der Waals surface area contributed by atoms with Crippen LogP contribution in [0.4, 0.5) is 4.79 Å². The van der Waals surface area contributed by atoms with Crippen molar-refractivity contribution in [2.45, 2.75) is 6.42 Å². The highest BCUT2D eigenvalue weighted by Gasteiger charge is 2.22. The average Bonchev–Trinajstić information content (AvgIpc) is 2.56. The number of hydrogen-bond acceptors (Lipinski definition) is 2. The van der Waals surface area contributed by atoms with E-state index in [2.05, 4.69) is 10.6 Å². The Hall–Kier alpha value is -2.10. The van der Waals surface area contributed by atoms with Crippen molar-refractivity contribution in [1.82, 2.24) is 10.6 Å². The molecule has 1 fully saturated rings. The molecule has 0 saturated carbocycles. The summed E-state index contributed by atoms with van der Waals surface area (Å²) in [5.41, 5.74) is 1.42. The number of amides is 3. The van der Waals surface area contributed by atoms with Crippen molar-refractivity contribution >= 4 is 11.9 Å². The zero-order valence-corrected chi connectivity index (χ0v) is 7.99. The quantitative estimate of drug-likeness (QED) is 0.554. The summed E-state index contributed by atoms with van der Waals surface area (Å²) in [5.74, 6) is -0.365. The van der Waals surface area contributed by atoms with E-state index >= 15 is 0 Å². The molecule has 3 amide bonds. The van der Waals surface area contributed by atoms with Gasteiger partial charge in [0.2, 0.25) is 0 Å². The van der Waals surface area contributed by atoms with Gasteiger partial charge < -0.3 is 5.32 Å². The third-order valence-corrected chi connectivity index (χ3v) is 2.10. The number of carbonyl (C=O) groups is 2. The van der Waals surface area contributed by atoms with Crippen molar-refractivity contribution < 1.29 is 9.59 Å². The number of rotatable bonds is 2. The topological polar surface area (TPSA) is 58.2 Å². The lowest BCUT2D eigenvalue weighted by Crippen LogP contribution is -2.22. The summed E-state index contributed by atoms with van der Waals surface area (Å²) in [7, 11) is 0. The Morgan fingerprint density at radius 2 is 1.80 bits per heavy atom. The first kappa shape index (κ1) is 9.45. The molecule has 1 saturated heterocycles. The van der Waals surface area contributed by atoms with Crippen molar-refractivity contribution in [1.29, 1.82) is 0 Å². The van der Waals surface area contributed by atoms with Crippen molar-refractivity contribution in [2.24, 2.45) is 0 Å². The number of allylic oxidation sites excluding steroid dienone is 1. The summed E-state index contributed by atoms with van der Waals surface area (Å²) in [6.45, 7) is 0. The molecule has 0 spiro atoms. The molecule has 1 heterocycles. The summed E-state index contributed by atoms with van der Waals surface area (Å²) in [5, 5.41) is 4.58. The van der Waals surface area contributed by atoms with Crippen LogP contribution in [0.5, 0.6) is 0 Å². The maximum Gasteiger partial charge on any atom is 0.326 e. The highest BCUT2D eigenvalue weighted by Crippen LogP contribution is 2.04. The third-order valence-electron chi connectivity index (χ3n) is 2.10. The van der Waals surface area contributed by atoms with E-state index < -0.39 is 6.03 Å². The van der Waals surface area contributed by atoms with Crippen LogP contribution in [0.2, 0.25) is 0 Å². The molecule has 1 aromatic carbocycles. The lowest BCUT2D eigenvalue weighted by molar-refractivity contribution is -0.115. The SMILES string of the molecule is O=C1NC(=O)/C(=C/Cc2ccccc2)N1.